The number of carbonyl (C=O) groups is 1. The Kier molecular flexibility index (Phi) is 5.89. The Morgan fingerprint density at radius 1 is 1.36 bits per heavy atom. The predicted molar refractivity (Wildman–Crippen MR) is 88.6 cm³/mol. The molecule has 0 aliphatic carbocycles. The van der Waals surface area contributed by atoms with Gasteiger partial charge in [-0.25, -0.2) is 9.78 Å². The summed E-state index contributed by atoms with van der Waals surface area (Å²) in [6, 6.07) is 2.88. The van der Waals surface area contributed by atoms with Crippen LogP contribution in [0.2, 0.25) is 10.3 Å². The molecule has 2 N–H and O–H groups in total. The van der Waals surface area contributed by atoms with Gasteiger partial charge in [-0.1, -0.05) is 43.0 Å². The predicted octanol–water partition coefficient (Wildman–Crippen LogP) is 3.94. The van der Waals surface area contributed by atoms with Crippen molar-refractivity contribution in [1.82, 2.24) is 9.88 Å². The highest BCUT2D eigenvalue weighted by Crippen LogP contribution is 2.28. The third kappa shape index (κ3) is 4.73. The second-order valence-electron chi connectivity index (χ2n) is 5.75. The first kappa shape index (κ1) is 17.3. The zero-order chi connectivity index (χ0) is 16.2. The van der Waals surface area contributed by atoms with E-state index >= 15 is 0 Å². The number of rotatable bonds is 4. The molecule has 0 bridgehead atoms. The van der Waals surface area contributed by atoms with Crippen molar-refractivity contribution >= 4 is 34.9 Å². The van der Waals surface area contributed by atoms with Gasteiger partial charge in [0, 0.05) is 18.8 Å². The number of anilines is 1. The monoisotopic (exact) mass is 345 g/mol. The molecule has 1 aromatic heterocycles. The summed E-state index contributed by atoms with van der Waals surface area (Å²) < 4.78 is 0. The number of urea groups is 1. The van der Waals surface area contributed by atoms with E-state index in [0.29, 0.717) is 31.6 Å². The van der Waals surface area contributed by atoms with Gasteiger partial charge in [0.15, 0.2) is 0 Å². The van der Waals surface area contributed by atoms with Crippen LogP contribution in [0.15, 0.2) is 12.1 Å². The van der Waals surface area contributed by atoms with Gasteiger partial charge in [0.1, 0.15) is 10.3 Å². The number of pyridine rings is 1. The minimum Gasteiger partial charge on any atom is -0.390 e. The fourth-order valence-electron chi connectivity index (χ4n) is 2.62. The SMILES string of the molecule is CCCCC1(O)CCN(C(=O)Nc2cc(Cl)nc(Cl)c2)CC1. The van der Waals surface area contributed by atoms with Gasteiger partial charge in [-0.3, -0.25) is 0 Å². The van der Waals surface area contributed by atoms with E-state index in [0.717, 1.165) is 19.3 Å². The summed E-state index contributed by atoms with van der Waals surface area (Å²) in [6.45, 7) is 3.19. The molecule has 1 aliphatic rings. The summed E-state index contributed by atoms with van der Waals surface area (Å²) in [7, 11) is 0. The number of carbonyl (C=O) groups excluding carboxylic acids is 1. The minimum atomic E-state index is -0.629. The zero-order valence-electron chi connectivity index (χ0n) is 12.6. The molecule has 2 heterocycles. The molecule has 0 spiro atoms. The summed E-state index contributed by atoms with van der Waals surface area (Å²) in [5, 5.41) is 13.7. The largest absolute Gasteiger partial charge is 0.390 e. The van der Waals surface area contributed by atoms with E-state index in [4.69, 9.17) is 23.2 Å². The van der Waals surface area contributed by atoms with Gasteiger partial charge in [0.05, 0.1) is 5.60 Å². The Morgan fingerprint density at radius 3 is 2.50 bits per heavy atom. The lowest BCUT2D eigenvalue weighted by Crippen LogP contribution is -2.48. The number of likely N-dealkylation sites (tertiary alicyclic amines) is 1. The lowest BCUT2D eigenvalue weighted by Gasteiger charge is -2.38. The molecule has 1 aliphatic heterocycles. The number of aromatic nitrogens is 1. The Bertz CT molecular complexity index is 511. The number of unbranched alkanes of at least 4 members (excludes halogenated alkanes) is 1. The van der Waals surface area contributed by atoms with Crippen LogP contribution in [0.25, 0.3) is 0 Å². The molecular formula is C15H21Cl2N3O2. The van der Waals surface area contributed by atoms with Crippen molar-refractivity contribution in [3.63, 3.8) is 0 Å². The fourth-order valence-corrected chi connectivity index (χ4v) is 3.08. The Labute approximate surface area is 140 Å². The van der Waals surface area contributed by atoms with Crippen LogP contribution in [-0.4, -0.2) is 39.7 Å². The number of halogens is 2. The maximum Gasteiger partial charge on any atom is 0.321 e. The van der Waals surface area contributed by atoms with Crippen molar-refractivity contribution in [2.75, 3.05) is 18.4 Å². The Morgan fingerprint density at radius 2 is 1.95 bits per heavy atom. The van der Waals surface area contributed by atoms with Gasteiger partial charge in [-0.2, -0.15) is 0 Å². The third-order valence-electron chi connectivity index (χ3n) is 3.99. The second-order valence-corrected chi connectivity index (χ2v) is 6.52. The van der Waals surface area contributed by atoms with E-state index < -0.39 is 5.60 Å². The summed E-state index contributed by atoms with van der Waals surface area (Å²) in [6.07, 6.45) is 4.10. The van der Waals surface area contributed by atoms with Crippen LogP contribution in [0.1, 0.15) is 39.0 Å². The quantitative estimate of drug-likeness (QED) is 0.812. The van der Waals surface area contributed by atoms with Crippen molar-refractivity contribution in [3.8, 4) is 0 Å². The molecular weight excluding hydrogens is 325 g/mol. The Hall–Kier alpha value is -1.04. The first-order chi connectivity index (χ1) is 10.4. The van der Waals surface area contributed by atoms with E-state index in [9.17, 15) is 9.90 Å². The highest BCUT2D eigenvalue weighted by atomic mass is 35.5. The number of amides is 2. The molecule has 22 heavy (non-hydrogen) atoms. The van der Waals surface area contributed by atoms with Gasteiger partial charge in [-0.15, -0.1) is 0 Å². The molecule has 0 atom stereocenters. The van der Waals surface area contributed by atoms with Crippen molar-refractivity contribution in [2.45, 2.75) is 44.6 Å². The van der Waals surface area contributed by atoms with Crippen molar-refractivity contribution < 1.29 is 9.90 Å². The maximum atomic E-state index is 12.2. The summed E-state index contributed by atoms with van der Waals surface area (Å²) >= 11 is 11.6. The zero-order valence-corrected chi connectivity index (χ0v) is 14.1. The van der Waals surface area contributed by atoms with Crippen molar-refractivity contribution in [2.24, 2.45) is 0 Å². The molecule has 0 saturated carbocycles. The summed E-state index contributed by atoms with van der Waals surface area (Å²) in [4.78, 5) is 17.8. The average Bonchev–Trinajstić information content (AvgIpc) is 2.45. The molecule has 2 amide bonds. The van der Waals surface area contributed by atoms with Crippen molar-refractivity contribution in [3.05, 3.63) is 22.4 Å². The highest BCUT2D eigenvalue weighted by Gasteiger charge is 2.33. The van der Waals surface area contributed by atoms with Crippen LogP contribution in [0, 0.1) is 0 Å². The van der Waals surface area contributed by atoms with Crippen LogP contribution in [0.4, 0.5) is 10.5 Å². The topological polar surface area (TPSA) is 65.5 Å². The molecule has 1 saturated heterocycles. The molecule has 1 aromatic rings. The number of nitrogens with zero attached hydrogens (tertiary/aromatic N) is 2. The molecule has 122 valence electrons. The highest BCUT2D eigenvalue weighted by molar-refractivity contribution is 6.32. The molecule has 5 nitrogen and oxygen atoms in total. The number of piperidine rings is 1. The number of aliphatic hydroxyl groups is 1. The van der Waals surface area contributed by atoms with Crippen LogP contribution in [0.5, 0.6) is 0 Å². The average molecular weight is 346 g/mol. The van der Waals surface area contributed by atoms with E-state index in [1.54, 1.807) is 17.0 Å². The molecule has 2 rings (SSSR count). The van der Waals surface area contributed by atoms with Crippen LogP contribution < -0.4 is 5.32 Å². The third-order valence-corrected chi connectivity index (χ3v) is 4.38. The van der Waals surface area contributed by atoms with Gasteiger partial charge in [0.25, 0.3) is 0 Å². The molecule has 0 aromatic carbocycles. The van der Waals surface area contributed by atoms with Gasteiger partial charge >= 0.3 is 6.03 Å². The minimum absolute atomic E-state index is 0.212. The standard InChI is InChI=1S/C15H21Cl2N3O2/c1-2-3-4-15(22)5-7-20(8-6-15)14(21)18-11-9-12(16)19-13(17)10-11/h9-10,22H,2-8H2,1H3,(H,18,19,21). The van der Waals surface area contributed by atoms with E-state index in [-0.39, 0.29) is 16.3 Å². The molecule has 7 heteroatoms. The number of nitrogens with one attached hydrogen (secondary N) is 1. The van der Waals surface area contributed by atoms with Gasteiger partial charge in [-0.05, 0) is 31.4 Å². The summed E-state index contributed by atoms with van der Waals surface area (Å²) in [5.74, 6) is 0. The molecule has 0 unspecified atom stereocenters. The molecule has 0 radical (unpaired) electrons. The lowest BCUT2D eigenvalue weighted by molar-refractivity contribution is -0.0194. The first-order valence-electron chi connectivity index (χ1n) is 7.53. The second kappa shape index (κ2) is 7.49. The van der Waals surface area contributed by atoms with E-state index in [1.807, 2.05) is 0 Å². The van der Waals surface area contributed by atoms with Gasteiger partial charge < -0.3 is 15.3 Å². The first-order valence-corrected chi connectivity index (χ1v) is 8.29. The number of hydrogen-bond acceptors (Lipinski definition) is 3. The van der Waals surface area contributed by atoms with Crippen LogP contribution in [0.3, 0.4) is 0 Å². The maximum absolute atomic E-state index is 12.2. The van der Waals surface area contributed by atoms with Gasteiger partial charge in [0.2, 0.25) is 0 Å². The normalized spacial score (nSPS) is 17.4. The van der Waals surface area contributed by atoms with E-state index in [1.165, 1.54) is 0 Å². The van der Waals surface area contributed by atoms with E-state index in [2.05, 4.69) is 17.2 Å². The summed E-state index contributed by atoms with van der Waals surface area (Å²) in [5.41, 5.74) is -0.113. The fraction of sp³-hybridized carbons (Fsp3) is 0.600. The lowest BCUT2D eigenvalue weighted by atomic mass is 9.87. The molecule has 1 fully saturated rings. The smallest absolute Gasteiger partial charge is 0.321 e. The van der Waals surface area contributed by atoms with Crippen molar-refractivity contribution in [1.29, 1.82) is 0 Å². The Balaban J connectivity index is 1.89. The van der Waals surface area contributed by atoms with Crippen LogP contribution in [-0.2, 0) is 0 Å². The van der Waals surface area contributed by atoms with Crippen LogP contribution >= 0.6 is 23.2 Å². The number of hydrogen-bond donors (Lipinski definition) is 2.